The fraction of sp³-hybridized carbons (Fsp3) is 0.462. The van der Waals surface area contributed by atoms with Crippen LogP contribution < -0.4 is 0 Å². The molecule has 1 fully saturated rings. The molecule has 1 nitrogen and oxygen atoms in total. The Morgan fingerprint density at radius 2 is 2.31 bits per heavy atom. The van der Waals surface area contributed by atoms with Crippen molar-refractivity contribution in [3.63, 3.8) is 0 Å². The van der Waals surface area contributed by atoms with Crippen molar-refractivity contribution in [2.75, 3.05) is 0 Å². The molecule has 3 heteroatoms. The number of rotatable bonds is 2. The highest BCUT2D eigenvalue weighted by Gasteiger charge is 2.36. The monoisotopic (exact) mass is 250 g/mol. The minimum atomic E-state index is 0.274. The van der Waals surface area contributed by atoms with Crippen molar-refractivity contribution in [1.82, 2.24) is 0 Å². The highest BCUT2D eigenvalue weighted by atomic mass is 32.2. The molecule has 0 aliphatic heterocycles. The Kier molecular flexibility index (Phi) is 2.90. The van der Waals surface area contributed by atoms with Crippen LogP contribution in [-0.2, 0) is 4.79 Å². The van der Waals surface area contributed by atoms with E-state index in [9.17, 15) is 4.79 Å². The Morgan fingerprint density at radius 3 is 2.88 bits per heavy atom. The molecule has 3 unspecified atom stereocenters. The predicted molar refractivity (Wildman–Crippen MR) is 68.6 cm³/mol. The van der Waals surface area contributed by atoms with Crippen LogP contribution in [-0.4, -0.2) is 5.12 Å². The first-order valence-corrected chi connectivity index (χ1v) is 7.46. The van der Waals surface area contributed by atoms with Crippen molar-refractivity contribution < 1.29 is 4.79 Å². The second-order valence-corrected chi connectivity index (χ2v) is 6.83. The molecule has 4 rings (SSSR count). The number of thiophene rings is 1. The van der Waals surface area contributed by atoms with E-state index in [0.29, 0.717) is 17.0 Å². The average molecular weight is 250 g/mol. The van der Waals surface area contributed by atoms with Gasteiger partial charge in [0, 0.05) is 5.92 Å². The first kappa shape index (κ1) is 10.6. The first-order chi connectivity index (χ1) is 7.83. The SMILES string of the molecule is O=C(Sc1cccs1)C1CC2C=CC1CC2. The van der Waals surface area contributed by atoms with Crippen molar-refractivity contribution in [2.24, 2.45) is 17.8 Å². The Morgan fingerprint density at radius 1 is 1.38 bits per heavy atom. The summed E-state index contributed by atoms with van der Waals surface area (Å²) in [5.41, 5.74) is 0. The molecule has 0 amide bonds. The summed E-state index contributed by atoms with van der Waals surface area (Å²) in [6.45, 7) is 0. The van der Waals surface area contributed by atoms with Gasteiger partial charge < -0.3 is 0 Å². The maximum atomic E-state index is 12.2. The molecule has 1 heterocycles. The van der Waals surface area contributed by atoms with Crippen LogP contribution in [0.3, 0.4) is 0 Å². The molecule has 2 bridgehead atoms. The molecule has 1 aromatic rings. The molecular weight excluding hydrogens is 236 g/mol. The van der Waals surface area contributed by atoms with Crippen molar-refractivity contribution >= 4 is 28.2 Å². The lowest BCUT2D eigenvalue weighted by Crippen LogP contribution is -2.31. The van der Waals surface area contributed by atoms with Crippen LogP contribution in [0.4, 0.5) is 0 Å². The minimum Gasteiger partial charge on any atom is -0.286 e. The molecule has 3 aliphatic rings. The molecule has 3 aliphatic carbocycles. The highest BCUT2D eigenvalue weighted by Crippen LogP contribution is 2.43. The summed E-state index contributed by atoms with van der Waals surface area (Å²) in [5, 5.41) is 2.41. The number of hydrogen-bond donors (Lipinski definition) is 0. The van der Waals surface area contributed by atoms with Crippen LogP contribution in [0.5, 0.6) is 0 Å². The summed E-state index contributed by atoms with van der Waals surface area (Å²) in [7, 11) is 0. The van der Waals surface area contributed by atoms with Gasteiger partial charge in [0.15, 0.2) is 5.12 Å². The quantitative estimate of drug-likeness (QED) is 0.583. The number of thioether (sulfide) groups is 1. The summed E-state index contributed by atoms with van der Waals surface area (Å²) < 4.78 is 1.13. The Labute approximate surface area is 104 Å². The standard InChI is InChI=1S/C13H14OS2/c14-13(16-12-2-1-7-15-12)11-8-9-3-5-10(11)6-4-9/h1-3,5,7,9-11H,4,6,8H2. The zero-order chi connectivity index (χ0) is 11.0. The smallest absolute Gasteiger partial charge is 0.198 e. The van der Waals surface area contributed by atoms with Crippen LogP contribution >= 0.6 is 23.1 Å². The van der Waals surface area contributed by atoms with Crippen molar-refractivity contribution in [2.45, 2.75) is 23.5 Å². The van der Waals surface area contributed by atoms with Crippen LogP contribution in [0.25, 0.3) is 0 Å². The summed E-state index contributed by atoms with van der Waals surface area (Å²) in [6.07, 6.45) is 8.17. The number of hydrogen-bond acceptors (Lipinski definition) is 3. The third-order valence-corrected chi connectivity index (χ3v) is 5.62. The molecule has 0 N–H and O–H groups in total. The predicted octanol–water partition coefficient (Wildman–Crippen LogP) is 3.97. The molecule has 0 spiro atoms. The van der Waals surface area contributed by atoms with Gasteiger partial charge in [0.05, 0.1) is 4.21 Å². The van der Waals surface area contributed by atoms with Gasteiger partial charge in [0.1, 0.15) is 0 Å². The minimum absolute atomic E-state index is 0.274. The molecular formula is C13H14OS2. The summed E-state index contributed by atoms with van der Waals surface area (Å²) in [6, 6.07) is 4.04. The van der Waals surface area contributed by atoms with Crippen molar-refractivity contribution in [3.05, 3.63) is 29.7 Å². The summed E-state index contributed by atoms with van der Waals surface area (Å²) in [5.74, 6) is 1.46. The Hall–Kier alpha value is -0.540. The van der Waals surface area contributed by atoms with Gasteiger partial charge in [-0.1, -0.05) is 18.2 Å². The van der Waals surface area contributed by atoms with E-state index in [0.717, 1.165) is 10.6 Å². The average Bonchev–Trinajstić information content (AvgIpc) is 2.83. The topological polar surface area (TPSA) is 17.1 Å². The van der Waals surface area contributed by atoms with Gasteiger partial charge in [0.2, 0.25) is 0 Å². The van der Waals surface area contributed by atoms with Gasteiger partial charge in [-0.05, 0) is 54.3 Å². The molecule has 0 saturated heterocycles. The fourth-order valence-electron chi connectivity index (χ4n) is 2.70. The maximum absolute atomic E-state index is 12.2. The van der Waals surface area contributed by atoms with Gasteiger partial charge in [-0.2, -0.15) is 0 Å². The molecule has 3 atom stereocenters. The van der Waals surface area contributed by atoms with E-state index in [1.165, 1.54) is 24.6 Å². The van der Waals surface area contributed by atoms with Crippen molar-refractivity contribution in [1.29, 1.82) is 0 Å². The lowest BCUT2D eigenvalue weighted by atomic mass is 9.70. The van der Waals surface area contributed by atoms with Gasteiger partial charge in [-0.25, -0.2) is 0 Å². The third kappa shape index (κ3) is 1.98. The van der Waals surface area contributed by atoms with E-state index in [1.807, 2.05) is 17.5 Å². The molecule has 0 radical (unpaired) electrons. The molecule has 1 saturated carbocycles. The van der Waals surface area contributed by atoms with Crippen LogP contribution in [0.2, 0.25) is 0 Å². The lowest BCUT2D eigenvalue weighted by molar-refractivity contribution is -0.116. The van der Waals surface area contributed by atoms with E-state index < -0.39 is 0 Å². The van der Waals surface area contributed by atoms with Gasteiger partial charge in [-0.3, -0.25) is 4.79 Å². The summed E-state index contributed by atoms with van der Waals surface area (Å²) in [4.78, 5) is 12.2. The summed E-state index contributed by atoms with van der Waals surface area (Å²) >= 11 is 3.10. The maximum Gasteiger partial charge on any atom is 0.198 e. The highest BCUT2D eigenvalue weighted by molar-refractivity contribution is 8.15. The van der Waals surface area contributed by atoms with Gasteiger partial charge in [0.25, 0.3) is 0 Å². The zero-order valence-electron chi connectivity index (χ0n) is 8.96. The second kappa shape index (κ2) is 4.38. The van der Waals surface area contributed by atoms with Crippen LogP contribution in [0.1, 0.15) is 19.3 Å². The number of fused-ring (bicyclic) bond motifs is 2. The normalized spacial score (nSPS) is 31.9. The number of carbonyl (C=O) groups excluding carboxylic acids is 1. The van der Waals surface area contributed by atoms with E-state index in [2.05, 4.69) is 12.2 Å². The molecule has 84 valence electrons. The molecule has 0 aromatic carbocycles. The molecule has 1 aromatic heterocycles. The van der Waals surface area contributed by atoms with Crippen LogP contribution in [0, 0.1) is 17.8 Å². The van der Waals surface area contributed by atoms with Gasteiger partial charge in [-0.15, -0.1) is 11.3 Å². The fourth-order valence-corrected chi connectivity index (χ4v) is 4.52. The lowest BCUT2D eigenvalue weighted by Gasteiger charge is -2.36. The third-order valence-electron chi connectivity index (χ3n) is 3.57. The van der Waals surface area contributed by atoms with Crippen molar-refractivity contribution in [3.8, 4) is 0 Å². The molecule has 16 heavy (non-hydrogen) atoms. The number of allylic oxidation sites excluding steroid dienone is 2. The number of carbonyl (C=O) groups is 1. The van der Waals surface area contributed by atoms with Crippen LogP contribution in [0.15, 0.2) is 33.9 Å². The first-order valence-electron chi connectivity index (χ1n) is 5.76. The van der Waals surface area contributed by atoms with E-state index in [4.69, 9.17) is 0 Å². The van der Waals surface area contributed by atoms with E-state index in [1.54, 1.807) is 11.3 Å². The largest absolute Gasteiger partial charge is 0.286 e. The van der Waals surface area contributed by atoms with Gasteiger partial charge >= 0.3 is 0 Å². The Balaban J connectivity index is 1.70. The van der Waals surface area contributed by atoms with E-state index >= 15 is 0 Å². The zero-order valence-corrected chi connectivity index (χ0v) is 10.6. The Bertz CT molecular complexity index is 408. The van der Waals surface area contributed by atoms with E-state index in [-0.39, 0.29) is 5.92 Å². The second-order valence-electron chi connectivity index (χ2n) is 4.58.